The Hall–Kier alpha value is -2.66. The van der Waals surface area contributed by atoms with Gasteiger partial charge in [-0.3, -0.25) is 9.69 Å². The molecule has 0 radical (unpaired) electrons. The molecule has 0 saturated heterocycles. The van der Waals surface area contributed by atoms with Gasteiger partial charge in [-0.25, -0.2) is 4.98 Å². The van der Waals surface area contributed by atoms with Crippen LogP contribution in [0.3, 0.4) is 0 Å². The summed E-state index contributed by atoms with van der Waals surface area (Å²) in [5, 5.41) is 2.83. The summed E-state index contributed by atoms with van der Waals surface area (Å²) in [5.74, 6) is -0.0107. The number of amides is 1. The molecule has 0 aliphatic carbocycles. The summed E-state index contributed by atoms with van der Waals surface area (Å²) in [5.41, 5.74) is 5.80. The van der Waals surface area contributed by atoms with Gasteiger partial charge in [0.1, 0.15) is 0 Å². The predicted molar refractivity (Wildman–Crippen MR) is 121 cm³/mol. The van der Waals surface area contributed by atoms with Gasteiger partial charge in [0, 0.05) is 24.0 Å². The summed E-state index contributed by atoms with van der Waals surface area (Å²) in [6.45, 7) is 6.76. The Labute approximate surface area is 176 Å². The molecule has 2 heterocycles. The van der Waals surface area contributed by atoms with E-state index < -0.39 is 0 Å². The highest BCUT2D eigenvalue weighted by Crippen LogP contribution is 2.35. The van der Waals surface area contributed by atoms with Crippen LogP contribution < -0.4 is 9.80 Å². The molecule has 1 aliphatic rings. The maximum Gasteiger partial charge on any atom is 0.230 e. The summed E-state index contributed by atoms with van der Waals surface area (Å²) in [6.07, 6.45) is 3.15. The number of hydrogen-bond acceptors (Lipinski definition) is 4. The maximum absolute atomic E-state index is 12.5. The van der Waals surface area contributed by atoms with E-state index in [0.717, 1.165) is 47.9 Å². The second-order valence-electron chi connectivity index (χ2n) is 7.60. The number of carbonyl (C=O) groups excluding carboxylic acids is 1. The summed E-state index contributed by atoms with van der Waals surface area (Å²) < 4.78 is 0. The standard InChI is InChI=1S/C24H27N3OS/c1-4-19-9-5-8-12-23(19)27(18(3)28)24-25-21(16-29-24)15-26-17(2)13-14-20-10-6-7-11-22(20)26/h5-12,16-17H,4,13-15H2,1-3H3. The van der Waals surface area contributed by atoms with E-state index in [-0.39, 0.29) is 5.91 Å². The lowest BCUT2D eigenvalue weighted by atomic mass is 9.96. The van der Waals surface area contributed by atoms with Gasteiger partial charge in [0.25, 0.3) is 0 Å². The van der Waals surface area contributed by atoms with Crippen molar-refractivity contribution in [2.24, 2.45) is 0 Å². The highest BCUT2D eigenvalue weighted by atomic mass is 32.1. The first-order valence-corrected chi connectivity index (χ1v) is 11.1. The highest BCUT2D eigenvalue weighted by Gasteiger charge is 2.25. The molecule has 29 heavy (non-hydrogen) atoms. The lowest BCUT2D eigenvalue weighted by molar-refractivity contribution is -0.115. The number of hydrogen-bond donors (Lipinski definition) is 0. The number of anilines is 3. The zero-order chi connectivity index (χ0) is 20.4. The van der Waals surface area contributed by atoms with E-state index in [2.05, 4.69) is 54.5 Å². The Morgan fingerprint density at radius 1 is 1.21 bits per heavy atom. The van der Waals surface area contributed by atoms with Crippen molar-refractivity contribution in [3.63, 3.8) is 0 Å². The lowest BCUT2D eigenvalue weighted by Gasteiger charge is -2.36. The number of benzene rings is 2. The number of carbonyl (C=O) groups is 1. The molecule has 0 fully saturated rings. The van der Waals surface area contributed by atoms with Crippen LogP contribution in [0, 0.1) is 0 Å². The van der Waals surface area contributed by atoms with Gasteiger partial charge in [-0.2, -0.15) is 0 Å². The first-order chi connectivity index (χ1) is 14.1. The largest absolute Gasteiger partial charge is 0.363 e. The number of para-hydroxylation sites is 2. The molecule has 0 spiro atoms. The van der Waals surface area contributed by atoms with E-state index in [1.807, 2.05) is 18.2 Å². The Kier molecular flexibility index (Phi) is 5.67. The molecule has 0 saturated carbocycles. The van der Waals surface area contributed by atoms with Gasteiger partial charge in [-0.15, -0.1) is 11.3 Å². The molecular formula is C24H27N3OS. The first kappa shape index (κ1) is 19.6. The number of aromatic nitrogens is 1. The van der Waals surface area contributed by atoms with Gasteiger partial charge >= 0.3 is 0 Å². The fraction of sp³-hybridized carbons (Fsp3) is 0.333. The van der Waals surface area contributed by atoms with Crippen LogP contribution in [-0.4, -0.2) is 16.9 Å². The van der Waals surface area contributed by atoms with Crippen molar-refractivity contribution in [3.8, 4) is 0 Å². The van der Waals surface area contributed by atoms with E-state index in [4.69, 9.17) is 4.98 Å². The lowest BCUT2D eigenvalue weighted by Crippen LogP contribution is -2.36. The zero-order valence-corrected chi connectivity index (χ0v) is 18.1. The number of aryl methyl sites for hydroxylation is 2. The topological polar surface area (TPSA) is 36.4 Å². The molecule has 4 rings (SSSR count). The zero-order valence-electron chi connectivity index (χ0n) is 17.3. The van der Waals surface area contributed by atoms with Crippen molar-refractivity contribution in [2.75, 3.05) is 9.80 Å². The Morgan fingerprint density at radius 2 is 1.97 bits per heavy atom. The van der Waals surface area contributed by atoms with Crippen LogP contribution in [0.1, 0.15) is 44.0 Å². The minimum Gasteiger partial charge on any atom is -0.363 e. The number of fused-ring (bicyclic) bond motifs is 1. The van der Waals surface area contributed by atoms with Crippen LogP contribution in [0.25, 0.3) is 0 Å². The smallest absolute Gasteiger partial charge is 0.230 e. The molecule has 3 aromatic rings. The van der Waals surface area contributed by atoms with E-state index in [0.29, 0.717) is 6.04 Å². The first-order valence-electron chi connectivity index (χ1n) is 10.3. The second-order valence-corrected chi connectivity index (χ2v) is 8.44. The van der Waals surface area contributed by atoms with Gasteiger partial charge in [0.2, 0.25) is 5.91 Å². The highest BCUT2D eigenvalue weighted by molar-refractivity contribution is 7.14. The van der Waals surface area contributed by atoms with Gasteiger partial charge in [0.15, 0.2) is 5.13 Å². The summed E-state index contributed by atoms with van der Waals surface area (Å²) in [4.78, 5) is 21.6. The molecular weight excluding hydrogens is 378 g/mol. The normalized spacial score (nSPS) is 15.8. The number of thiazole rings is 1. The van der Waals surface area contributed by atoms with Crippen molar-refractivity contribution >= 4 is 33.8 Å². The molecule has 1 atom stereocenters. The second kappa shape index (κ2) is 8.37. The van der Waals surface area contributed by atoms with E-state index in [1.54, 1.807) is 11.8 Å². The van der Waals surface area contributed by atoms with Crippen molar-refractivity contribution in [2.45, 2.75) is 52.6 Å². The molecule has 0 bridgehead atoms. The third-order valence-corrected chi connectivity index (χ3v) is 6.53. The van der Waals surface area contributed by atoms with Crippen molar-refractivity contribution < 1.29 is 4.79 Å². The predicted octanol–water partition coefficient (Wildman–Crippen LogP) is 5.73. The molecule has 5 heteroatoms. The molecule has 1 aromatic heterocycles. The molecule has 0 N–H and O–H groups in total. The molecule has 1 amide bonds. The van der Waals surface area contributed by atoms with E-state index in [9.17, 15) is 4.79 Å². The number of rotatable bonds is 5. The van der Waals surface area contributed by atoms with Gasteiger partial charge in [-0.1, -0.05) is 43.3 Å². The van der Waals surface area contributed by atoms with Gasteiger partial charge in [0.05, 0.1) is 17.9 Å². The quantitative estimate of drug-likeness (QED) is 0.544. The minimum atomic E-state index is -0.0107. The molecule has 150 valence electrons. The molecule has 4 nitrogen and oxygen atoms in total. The fourth-order valence-corrected chi connectivity index (χ4v) is 4.95. The van der Waals surface area contributed by atoms with Crippen LogP contribution in [0.2, 0.25) is 0 Å². The summed E-state index contributed by atoms with van der Waals surface area (Å²) in [7, 11) is 0. The van der Waals surface area contributed by atoms with Crippen LogP contribution in [0.15, 0.2) is 53.9 Å². The Bertz CT molecular complexity index is 1010. The van der Waals surface area contributed by atoms with Crippen LogP contribution in [0.4, 0.5) is 16.5 Å². The summed E-state index contributed by atoms with van der Waals surface area (Å²) >= 11 is 1.54. The minimum absolute atomic E-state index is 0.0107. The average molecular weight is 406 g/mol. The SMILES string of the molecule is CCc1ccccc1N(C(C)=O)c1nc(CN2c3ccccc3CCC2C)cs1. The molecule has 1 unspecified atom stereocenters. The Morgan fingerprint density at radius 3 is 2.76 bits per heavy atom. The van der Waals surface area contributed by atoms with Crippen LogP contribution >= 0.6 is 11.3 Å². The molecule has 2 aromatic carbocycles. The van der Waals surface area contributed by atoms with Gasteiger partial charge < -0.3 is 4.90 Å². The van der Waals surface area contributed by atoms with Crippen molar-refractivity contribution in [1.82, 2.24) is 4.98 Å². The third-order valence-electron chi connectivity index (χ3n) is 5.66. The monoisotopic (exact) mass is 405 g/mol. The maximum atomic E-state index is 12.5. The van der Waals surface area contributed by atoms with Crippen molar-refractivity contribution in [3.05, 3.63) is 70.7 Å². The Balaban J connectivity index is 1.63. The summed E-state index contributed by atoms with van der Waals surface area (Å²) in [6, 6.07) is 17.2. The van der Waals surface area contributed by atoms with Crippen LogP contribution in [0.5, 0.6) is 0 Å². The average Bonchev–Trinajstić information content (AvgIpc) is 3.18. The molecule has 1 aliphatic heterocycles. The van der Waals surface area contributed by atoms with E-state index in [1.165, 1.54) is 22.6 Å². The van der Waals surface area contributed by atoms with Crippen molar-refractivity contribution in [1.29, 1.82) is 0 Å². The van der Waals surface area contributed by atoms with Gasteiger partial charge in [-0.05, 0) is 49.4 Å². The fourth-order valence-electron chi connectivity index (χ4n) is 4.08. The van der Waals surface area contributed by atoms with E-state index >= 15 is 0 Å². The number of nitrogens with zero attached hydrogens (tertiary/aromatic N) is 3. The van der Waals surface area contributed by atoms with Crippen LogP contribution in [-0.2, 0) is 24.2 Å². The third kappa shape index (κ3) is 3.92.